The van der Waals surface area contributed by atoms with E-state index in [1.165, 1.54) is 0 Å². The molecular weight excluding hydrogens is 466 g/mol. The van der Waals surface area contributed by atoms with Crippen LogP contribution in [0.1, 0.15) is 33.3 Å². The van der Waals surface area contributed by atoms with Crippen LogP contribution in [-0.2, 0) is 0 Å². The van der Waals surface area contributed by atoms with Crippen molar-refractivity contribution in [2.75, 3.05) is 4.90 Å². The molecular formula is C24H15BrClNO3. The fraction of sp³-hybridized carbons (Fsp3) is 0.0833. The maximum Gasteiger partial charge on any atom is 0.295 e. The van der Waals surface area contributed by atoms with E-state index >= 15 is 0 Å². The summed E-state index contributed by atoms with van der Waals surface area (Å²) in [7, 11) is 0. The predicted molar refractivity (Wildman–Crippen MR) is 121 cm³/mol. The van der Waals surface area contributed by atoms with E-state index in [9.17, 15) is 9.59 Å². The molecule has 5 rings (SSSR count). The van der Waals surface area contributed by atoms with Crippen molar-refractivity contribution in [2.45, 2.75) is 13.0 Å². The number of aryl methyl sites for hydroxylation is 1. The van der Waals surface area contributed by atoms with Gasteiger partial charge in [-0.05, 0) is 55.0 Å². The highest BCUT2D eigenvalue weighted by Gasteiger charge is 2.43. The Morgan fingerprint density at radius 2 is 1.80 bits per heavy atom. The molecule has 0 saturated carbocycles. The van der Waals surface area contributed by atoms with Gasteiger partial charge in [0.1, 0.15) is 5.58 Å². The lowest BCUT2D eigenvalue weighted by Crippen LogP contribution is -2.29. The van der Waals surface area contributed by atoms with Gasteiger partial charge in [-0.25, -0.2) is 0 Å². The third-order valence-electron chi connectivity index (χ3n) is 5.28. The number of anilines is 1. The van der Waals surface area contributed by atoms with Gasteiger partial charge in [0.2, 0.25) is 5.76 Å². The Morgan fingerprint density at radius 3 is 2.57 bits per heavy atom. The summed E-state index contributed by atoms with van der Waals surface area (Å²) in [5.74, 6) is -0.283. The molecule has 2 heterocycles. The van der Waals surface area contributed by atoms with E-state index in [-0.39, 0.29) is 17.1 Å². The molecule has 0 aliphatic carbocycles. The van der Waals surface area contributed by atoms with Crippen LogP contribution >= 0.6 is 27.5 Å². The van der Waals surface area contributed by atoms with Crippen LogP contribution < -0.4 is 10.3 Å². The number of hydrogen-bond donors (Lipinski definition) is 0. The first-order chi connectivity index (χ1) is 14.4. The monoisotopic (exact) mass is 479 g/mol. The van der Waals surface area contributed by atoms with Crippen LogP contribution in [0.3, 0.4) is 0 Å². The largest absolute Gasteiger partial charge is 0.450 e. The number of carbonyl (C=O) groups excluding carboxylic acids is 1. The molecule has 4 nitrogen and oxygen atoms in total. The van der Waals surface area contributed by atoms with Gasteiger partial charge in [-0.15, -0.1) is 0 Å². The second-order valence-corrected chi connectivity index (χ2v) is 8.64. The van der Waals surface area contributed by atoms with Gasteiger partial charge in [-0.2, -0.15) is 0 Å². The third-order valence-corrected chi connectivity index (χ3v) is 6.00. The number of halogens is 2. The molecule has 0 fully saturated rings. The van der Waals surface area contributed by atoms with Crippen molar-refractivity contribution in [1.82, 2.24) is 0 Å². The fourth-order valence-electron chi connectivity index (χ4n) is 3.97. The van der Waals surface area contributed by atoms with Gasteiger partial charge >= 0.3 is 0 Å². The molecule has 1 aromatic heterocycles. The maximum absolute atomic E-state index is 13.5. The summed E-state index contributed by atoms with van der Waals surface area (Å²) < 4.78 is 6.81. The molecule has 1 unspecified atom stereocenters. The number of rotatable bonds is 2. The van der Waals surface area contributed by atoms with Crippen LogP contribution in [0.4, 0.5) is 5.69 Å². The van der Waals surface area contributed by atoms with Crippen molar-refractivity contribution in [1.29, 1.82) is 0 Å². The second kappa shape index (κ2) is 7.11. The quantitative estimate of drug-likeness (QED) is 0.340. The molecule has 1 amide bonds. The molecule has 30 heavy (non-hydrogen) atoms. The van der Waals surface area contributed by atoms with E-state index < -0.39 is 6.04 Å². The summed E-state index contributed by atoms with van der Waals surface area (Å²) in [4.78, 5) is 28.6. The molecule has 0 saturated heterocycles. The number of amides is 1. The molecule has 0 bridgehead atoms. The van der Waals surface area contributed by atoms with Crippen molar-refractivity contribution in [3.63, 3.8) is 0 Å². The summed E-state index contributed by atoms with van der Waals surface area (Å²) in [6.07, 6.45) is 0. The number of carbonyl (C=O) groups is 1. The number of benzene rings is 3. The molecule has 148 valence electrons. The molecule has 0 radical (unpaired) electrons. The van der Waals surface area contributed by atoms with Gasteiger partial charge in [0, 0.05) is 15.2 Å². The van der Waals surface area contributed by atoms with Crippen LogP contribution in [0, 0.1) is 6.92 Å². The second-order valence-electron chi connectivity index (χ2n) is 7.29. The first-order valence-electron chi connectivity index (χ1n) is 9.36. The molecule has 1 atom stereocenters. The molecule has 0 N–H and O–H groups in total. The zero-order valence-corrected chi connectivity index (χ0v) is 18.2. The van der Waals surface area contributed by atoms with Gasteiger partial charge in [-0.3, -0.25) is 14.5 Å². The van der Waals surface area contributed by atoms with E-state index in [1.807, 2.05) is 49.4 Å². The van der Waals surface area contributed by atoms with Crippen molar-refractivity contribution < 1.29 is 9.21 Å². The first kappa shape index (κ1) is 19.1. The summed E-state index contributed by atoms with van der Waals surface area (Å²) in [5, 5.41) is 0.994. The van der Waals surface area contributed by atoms with Gasteiger partial charge in [0.25, 0.3) is 5.91 Å². The van der Waals surface area contributed by atoms with Gasteiger partial charge in [0.15, 0.2) is 5.43 Å². The van der Waals surface area contributed by atoms with Crippen LogP contribution in [0.25, 0.3) is 11.0 Å². The molecule has 1 aliphatic rings. The molecule has 1 aliphatic heterocycles. The van der Waals surface area contributed by atoms with Crippen molar-refractivity contribution in [3.05, 3.63) is 109 Å². The normalized spacial score (nSPS) is 15.6. The van der Waals surface area contributed by atoms with E-state index in [4.69, 9.17) is 16.0 Å². The average Bonchev–Trinajstić information content (AvgIpc) is 3.01. The molecule has 3 aromatic carbocycles. The van der Waals surface area contributed by atoms with Gasteiger partial charge in [-0.1, -0.05) is 57.4 Å². The topological polar surface area (TPSA) is 50.5 Å². The smallest absolute Gasteiger partial charge is 0.295 e. The highest BCUT2D eigenvalue weighted by Crippen LogP contribution is 2.42. The lowest BCUT2D eigenvalue weighted by atomic mass is 9.98. The summed E-state index contributed by atoms with van der Waals surface area (Å²) in [6, 6.07) is 19.4. The lowest BCUT2D eigenvalue weighted by Gasteiger charge is -2.25. The van der Waals surface area contributed by atoms with Crippen LogP contribution in [0.2, 0.25) is 5.02 Å². The SMILES string of the molecule is Cc1ccc2oc3c(c(=O)c2c1)C(c1cccc(Cl)c1)N(c1cccc(Br)c1)C3=O. The van der Waals surface area contributed by atoms with Crippen molar-refractivity contribution >= 4 is 50.1 Å². The summed E-state index contributed by atoms with van der Waals surface area (Å²) >= 11 is 9.71. The Labute approximate surface area is 185 Å². The zero-order valence-electron chi connectivity index (χ0n) is 15.9. The van der Waals surface area contributed by atoms with E-state index in [1.54, 1.807) is 29.2 Å². The maximum atomic E-state index is 13.5. The predicted octanol–water partition coefficient (Wildman–Crippen LogP) is 6.27. The summed E-state index contributed by atoms with van der Waals surface area (Å²) in [6.45, 7) is 1.92. The number of fused-ring (bicyclic) bond motifs is 2. The van der Waals surface area contributed by atoms with Gasteiger partial charge < -0.3 is 4.42 Å². The van der Waals surface area contributed by atoms with Crippen molar-refractivity contribution in [3.8, 4) is 0 Å². The number of hydrogen-bond acceptors (Lipinski definition) is 3. The minimum atomic E-state index is -0.637. The van der Waals surface area contributed by atoms with Crippen molar-refractivity contribution in [2.24, 2.45) is 0 Å². The minimum Gasteiger partial charge on any atom is -0.450 e. The fourth-order valence-corrected chi connectivity index (χ4v) is 4.56. The first-order valence-corrected chi connectivity index (χ1v) is 10.5. The Bertz CT molecular complexity index is 1400. The third kappa shape index (κ3) is 2.97. The standard InChI is InChI=1S/C24H15BrClNO3/c1-13-8-9-19-18(10-13)22(28)20-21(14-4-2-6-16(26)11-14)27(24(29)23(20)30-19)17-7-3-5-15(25)12-17/h2-12,21H,1H3. The average molecular weight is 481 g/mol. The van der Waals surface area contributed by atoms with Crippen LogP contribution in [0.15, 0.2) is 80.4 Å². The Hall–Kier alpha value is -2.89. The van der Waals surface area contributed by atoms with E-state index in [0.717, 1.165) is 15.6 Å². The lowest BCUT2D eigenvalue weighted by molar-refractivity contribution is 0.0971. The highest BCUT2D eigenvalue weighted by molar-refractivity contribution is 9.10. The molecule has 0 spiro atoms. The Balaban J connectivity index is 1.84. The van der Waals surface area contributed by atoms with Crippen LogP contribution in [0.5, 0.6) is 0 Å². The van der Waals surface area contributed by atoms with E-state index in [2.05, 4.69) is 15.9 Å². The molecule has 6 heteroatoms. The molecule has 4 aromatic rings. The summed E-state index contributed by atoms with van der Waals surface area (Å²) in [5.41, 5.74) is 2.88. The van der Waals surface area contributed by atoms with E-state index in [0.29, 0.717) is 27.2 Å². The van der Waals surface area contributed by atoms with Crippen LogP contribution in [-0.4, -0.2) is 5.91 Å². The van der Waals surface area contributed by atoms with Gasteiger partial charge in [0.05, 0.1) is 17.0 Å². The highest BCUT2D eigenvalue weighted by atomic mass is 79.9. The minimum absolute atomic E-state index is 0.0707. The zero-order chi connectivity index (χ0) is 21.0. The Kier molecular flexibility index (Phi) is 4.53. The number of nitrogens with zero attached hydrogens (tertiary/aromatic N) is 1. The Morgan fingerprint density at radius 1 is 1.00 bits per heavy atom.